The molecule has 1 aliphatic carbocycles. The molecule has 1 saturated carbocycles. The standard InChI is InChI=1S/C27H37N3O3S.ClH/c1-34(32,33)29-26-12-10-23(11-13-26)24-9-5-8-22(18-24)20-30-16-14-25(15-17-30)28-27(31)19-21-6-3-2-4-7-21;/h5,8-13,18,21,25,29H,2-4,6-7,14-17,19-20H2,1H3,(H,28,31);1H. The third-order valence-corrected chi connectivity index (χ3v) is 7.61. The van der Waals surface area contributed by atoms with Crippen LogP contribution < -0.4 is 10.0 Å². The number of sulfonamides is 1. The topological polar surface area (TPSA) is 78.5 Å². The van der Waals surface area contributed by atoms with Gasteiger partial charge in [-0.05, 0) is 66.5 Å². The fourth-order valence-corrected chi connectivity index (χ4v) is 5.79. The SMILES string of the molecule is CS(=O)(=O)Nc1ccc(-c2cccc(CN3CCC(NC(=O)CC4CCCCC4)CC3)c2)cc1.Cl. The number of rotatable bonds is 8. The molecular formula is C27H38ClN3O3S. The molecule has 2 aliphatic rings. The highest BCUT2D eigenvalue weighted by molar-refractivity contribution is 7.92. The van der Waals surface area contributed by atoms with Crippen LogP contribution in [0.4, 0.5) is 5.69 Å². The fraction of sp³-hybridized carbons (Fsp3) is 0.519. The number of anilines is 1. The van der Waals surface area contributed by atoms with Crippen LogP contribution in [0.25, 0.3) is 11.1 Å². The maximum absolute atomic E-state index is 12.5. The summed E-state index contributed by atoms with van der Waals surface area (Å²) in [6.45, 7) is 2.87. The Morgan fingerprint density at radius 1 is 0.943 bits per heavy atom. The van der Waals surface area contributed by atoms with E-state index in [1.54, 1.807) is 12.1 Å². The quantitative estimate of drug-likeness (QED) is 0.502. The van der Waals surface area contributed by atoms with Crippen LogP contribution in [0.5, 0.6) is 0 Å². The van der Waals surface area contributed by atoms with Crippen LogP contribution in [0.2, 0.25) is 0 Å². The van der Waals surface area contributed by atoms with E-state index in [1.165, 1.54) is 37.7 Å². The molecule has 2 aromatic rings. The van der Waals surface area contributed by atoms with Gasteiger partial charge in [-0.1, -0.05) is 49.6 Å². The Hall–Kier alpha value is -2.09. The number of amides is 1. The largest absolute Gasteiger partial charge is 0.353 e. The summed E-state index contributed by atoms with van der Waals surface area (Å²) in [5, 5.41) is 3.29. The maximum atomic E-state index is 12.5. The molecule has 6 nitrogen and oxygen atoms in total. The second-order valence-corrected chi connectivity index (χ2v) is 11.7. The van der Waals surface area contributed by atoms with Crippen molar-refractivity contribution in [1.29, 1.82) is 0 Å². The number of carbonyl (C=O) groups is 1. The minimum absolute atomic E-state index is 0. The Morgan fingerprint density at radius 3 is 2.29 bits per heavy atom. The number of benzene rings is 2. The Kier molecular flexibility index (Phi) is 10.0. The Labute approximate surface area is 216 Å². The Morgan fingerprint density at radius 2 is 1.63 bits per heavy atom. The van der Waals surface area contributed by atoms with Crippen LogP contribution in [-0.2, 0) is 21.4 Å². The fourth-order valence-electron chi connectivity index (χ4n) is 5.23. The monoisotopic (exact) mass is 519 g/mol. The second-order valence-electron chi connectivity index (χ2n) is 9.98. The number of halogens is 1. The lowest BCUT2D eigenvalue weighted by Gasteiger charge is -2.33. The molecule has 8 heteroatoms. The van der Waals surface area contributed by atoms with Gasteiger partial charge < -0.3 is 5.32 Å². The Bertz CT molecular complexity index is 1060. The minimum Gasteiger partial charge on any atom is -0.353 e. The predicted molar refractivity (Wildman–Crippen MR) is 145 cm³/mol. The number of nitrogens with one attached hydrogen (secondary N) is 2. The van der Waals surface area contributed by atoms with E-state index in [1.807, 2.05) is 12.1 Å². The van der Waals surface area contributed by atoms with Crippen LogP contribution in [-0.4, -0.2) is 44.6 Å². The number of carbonyl (C=O) groups excluding carboxylic acids is 1. The molecule has 1 amide bonds. The first-order valence-electron chi connectivity index (χ1n) is 12.5. The number of piperidine rings is 1. The van der Waals surface area contributed by atoms with Crippen molar-refractivity contribution in [1.82, 2.24) is 10.2 Å². The molecule has 0 atom stereocenters. The average molecular weight is 520 g/mol. The van der Waals surface area contributed by atoms with Gasteiger partial charge >= 0.3 is 0 Å². The lowest BCUT2D eigenvalue weighted by Crippen LogP contribution is -2.44. The van der Waals surface area contributed by atoms with Gasteiger partial charge in [0, 0.05) is 37.8 Å². The molecule has 1 heterocycles. The summed E-state index contributed by atoms with van der Waals surface area (Å²) in [7, 11) is -3.27. The van der Waals surface area contributed by atoms with Gasteiger partial charge in [0.15, 0.2) is 0 Å². The highest BCUT2D eigenvalue weighted by atomic mass is 35.5. The lowest BCUT2D eigenvalue weighted by atomic mass is 9.86. The first-order chi connectivity index (χ1) is 16.3. The summed E-state index contributed by atoms with van der Waals surface area (Å²) < 4.78 is 25.3. The number of likely N-dealkylation sites (tertiary alicyclic amines) is 1. The molecule has 0 spiro atoms. The molecule has 4 rings (SSSR count). The van der Waals surface area contributed by atoms with Crippen molar-refractivity contribution < 1.29 is 13.2 Å². The highest BCUT2D eigenvalue weighted by Crippen LogP contribution is 2.27. The van der Waals surface area contributed by atoms with Gasteiger partial charge in [-0.2, -0.15) is 0 Å². The van der Waals surface area contributed by atoms with E-state index in [0.29, 0.717) is 24.1 Å². The van der Waals surface area contributed by atoms with Gasteiger partial charge in [0.05, 0.1) is 6.26 Å². The van der Waals surface area contributed by atoms with E-state index in [2.05, 4.69) is 39.2 Å². The van der Waals surface area contributed by atoms with E-state index in [9.17, 15) is 13.2 Å². The molecule has 0 aromatic heterocycles. The molecule has 2 N–H and O–H groups in total. The third kappa shape index (κ3) is 8.81. The van der Waals surface area contributed by atoms with Gasteiger partial charge in [0.1, 0.15) is 0 Å². The van der Waals surface area contributed by atoms with Crippen LogP contribution in [0.3, 0.4) is 0 Å². The van der Waals surface area contributed by atoms with E-state index in [0.717, 1.165) is 49.9 Å². The number of hydrogen-bond donors (Lipinski definition) is 2. The molecule has 192 valence electrons. The summed E-state index contributed by atoms with van der Waals surface area (Å²) in [5.74, 6) is 0.837. The van der Waals surface area contributed by atoms with Gasteiger partial charge in [0.25, 0.3) is 0 Å². The summed E-state index contributed by atoms with van der Waals surface area (Å²) >= 11 is 0. The number of nitrogens with zero attached hydrogens (tertiary/aromatic N) is 1. The van der Waals surface area contributed by atoms with E-state index >= 15 is 0 Å². The smallest absolute Gasteiger partial charge is 0.229 e. The normalized spacial score (nSPS) is 18.0. The number of hydrogen-bond acceptors (Lipinski definition) is 4. The minimum atomic E-state index is -3.27. The maximum Gasteiger partial charge on any atom is 0.229 e. The van der Waals surface area contributed by atoms with Crippen molar-refractivity contribution in [3.8, 4) is 11.1 Å². The molecule has 2 fully saturated rings. The van der Waals surface area contributed by atoms with E-state index < -0.39 is 10.0 Å². The zero-order chi connectivity index (χ0) is 24.0. The highest BCUT2D eigenvalue weighted by Gasteiger charge is 2.23. The van der Waals surface area contributed by atoms with Gasteiger partial charge in [-0.3, -0.25) is 14.4 Å². The van der Waals surface area contributed by atoms with Crippen molar-refractivity contribution in [2.75, 3.05) is 24.1 Å². The first-order valence-corrected chi connectivity index (χ1v) is 14.4. The molecule has 35 heavy (non-hydrogen) atoms. The molecular weight excluding hydrogens is 482 g/mol. The zero-order valence-electron chi connectivity index (χ0n) is 20.5. The first kappa shape index (κ1) is 27.5. The van der Waals surface area contributed by atoms with Crippen LogP contribution in [0.15, 0.2) is 48.5 Å². The predicted octanol–water partition coefficient (Wildman–Crippen LogP) is 5.20. The molecule has 2 aromatic carbocycles. The summed E-state index contributed by atoms with van der Waals surface area (Å²) in [6, 6.07) is 16.3. The van der Waals surface area contributed by atoms with Gasteiger partial charge in [-0.15, -0.1) is 12.4 Å². The molecule has 1 saturated heterocycles. The Balaban J connectivity index is 0.00000342. The van der Waals surface area contributed by atoms with Crippen molar-refractivity contribution in [2.45, 2.75) is 64.0 Å². The van der Waals surface area contributed by atoms with Crippen molar-refractivity contribution in [3.63, 3.8) is 0 Å². The van der Waals surface area contributed by atoms with E-state index in [-0.39, 0.29) is 18.3 Å². The molecule has 0 bridgehead atoms. The zero-order valence-corrected chi connectivity index (χ0v) is 22.2. The second kappa shape index (κ2) is 12.7. The lowest BCUT2D eigenvalue weighted by molar-refractivity contribution is -0.123. The van der Waals surface area contributed by atoms with Gasteiger partial charge in [-0.25, -0.2) is 8.42 Å². The van der Waals surface area contributed by atoms with Crippen molar-refractivity contribution in [3.05, 3.63) is 54.1 Å². The summed E-state index contributed by atoms with van der Waals surface area (Å²) in [6.07, 6.45) is 10.2. The van der Waals surface area contributed by atoms with Gasteiger partial charge in [0.2, 0.25) is 15.9 Å². The van der Waals surface area contributed by atoms with Crippen molar-refractivity contribution in [2.24, 2.45) is 5.92 Å². The van der Waals surface area contributed by atoms with E-state index in [4.69, 9.17) is 0 Å². The molecule has 0 unspecified atom stereocenters. The summed E-state index contributed by atoms with van der Waals surface area (Å²) in [5.41, 5.74) is 4.00. The van der Waals surface area contributed by atoms with Crippen LogP contribution in [0.1, 0.15) is 56.9 Å². The van der Waals surface area contributed by atoms with Crippen LogP contribution >= 0.6 is 12.4 Å². The molecule has 0 radical (unpaired) electrons. The third-order valence-electron chi connectivity index (χ3n) is 7.01. The molecule has 1 aliphatic heterocycles. The average Bonchev–Trinajstić information content (AvgIpc) is 2.81. The van der Waals surface area contributed by atoms with Crippen LogP contribution in [0, 0.1) is 5.92 Å². The van der Waals surface area contributed by atoms with Crippen molar-refractivity contribution >= 4 is 34.0 Å². The summed E-state index contributed by atoms with van der Waals surface area (Å²) in [4.78, 5) is 14.9.